The Hall–Kier alpha value is -4.05. The second kappa shape index (κ2) is 7.23. The molecule has 2 bridgehead atoms. The number of rotatable bonds is 3. The highest BCUT2D eigenvalue weighted by atomic mass is 19.1. The Morgan fingerprint density at radius 3 is 2.53 bits per heavy atom. The zero-order valence-electron chi connectivity index (χ0n) is 20.0. The van der Waals surface area contributed by atoms with Crippen molar-refractivity contribution in [1.82, 2.24) is 34.0 Å². The van der Waals surface area contributed by atoms with Gasteiger partial charge in [0.25, 0.3) is 0 Å². The van der Waals surface area contributed by atoms with Crippen molar-refractivity contribution in [2.75, 3.05) is 0 Å². The van der Waals surface area contributed by atoms with Crippen molar-refractivity contribution in [3.05, 3.63) is 87.4 Å². The van der Waals surface area contributed by atoms with Gasteiger partial charge >= 0.3 is 5.69 Å². The van der Waals surface area contributed by atoms with Crippen molar-refractivity contribution in [3.63, 3.8) is 0 Å². The van der Waals surface area contributed by atoms with Crippen LogP contribution in [-0.4, -0.2) is 34.7 Å². The molecule has 3 aliphatic rings. The van der Waals surface area contributed by atoms with Crippen molar-refractivity contribution >= 4 is 10.9 Å². The van der Waals surface area contributed by atoms with Crippen LogP contribution in [0.5, 0.6) is 0 Å². The third kappa shape index (κ3) is 2.78. The van der Waals surface area contributed by atoms with Crippen LogP contribution >= 0.6 is 0 Å². The third-order valence-corrected chi connectivity index (χ3v) is 7.49. The molecule has 0 spiro atoms. The molecule has 1 aliphatic carbocycles. The monoisotopic (exact) mass is 487 g/mol. The van der Waals surface area contributed by atoms with Crippen molar-refractivity contribution in [2.24, 2.45) is 7.05 Å². The molecule has 1 saturated heterocycles. The number of imidazole rings is 1. The van der Waals surface area contributed by atoms with Gasteiger partial charge in [0, 0.05) is 43.5 Å². The molecular formula is C26H23F2N7O. The van der Waals surface area contributed by atoms with Crippen LogP contribution in [0.25, 0.3) is 28.1 Å². The molecule has 5 aromatic rings. The van der Waals surface area contributed by atoms with Gasteiger partial charge in [-0.05, 0) is 55.7 Å². The van der Waals surface area contributed by atoms with Crippen LogP contribution in [0.4, 0.5) is 8.78 Å². The summed E-state index contributed by atoms with van der Waals surface area (Å²) in [7, 11) is 1.74. The number of aryl methyl sites for hydroxylation is 3. The van der Waals surface area contributed by atoms with E-state index < -0.39 is 11.5 Å². The summed E-state index contributed by atoms with van der Waals surface area (Å²) in [5.41, 5.74) is 3.94. The molecule has 0 amide bonds. The van der Waals surface area contributed by atoms with Crippen LogP contribution in [0.15, 0.2) is 47.7 Å². The van der Waals surface area contributed by atoms with Gasteiger partial charge in [0.05, 0.1) is 34.2 Å². The summed E-state index contributed by atoms with van der Waals surface area (Å²) in [6.07, 6.45) is 6.38. The summed E-state index contributed by atoms with van der Waals surface area (Å²) in [5, 5.41) is 12.9. The lowest BCUT2D eigenvalue weighted by molar-refractivity contribution is 0.241. The number of fused-ring (bicyclic) bond motifs is 1. The van der Waals surface area contributed by atoms with Crippen molar-refractivity contribution in [3.8, 4) is 17.2 Å². The summed E-state index contributed by atoms with van der Waals surface area (Å²) in [5.74, 6) is -0.173. The van der Waals surface area contributed by atoms with E-state index in [1.807, 2.05) is 0 Å². The van der Waals surface area contributed by atoms with Crippen molar-refractivity contribution in [2.45, 2.75) is 38.8 Å². The molecule has 2 atom stereocenters. The lowest BCUT2D eigenvalue weighted by Crippen LogP contribution is -2.51. The maximum absolute atomic E-state index is 15.4. The normalized spacial score (nSPS) is 18.5. The van der Waals surface area contributed by atoms with E-state index >= 15 is 4.39 Å². The fourth-order valence-corrected chi connectivity index (χ4v) is 5.64. The molecule has 8 nitrogen and oxygen atoms in total. The van der Waals surface area contributed by atoms with Gasteiger partial charge in [0.2, 0.25) is 0 Å². The third-order valence-electron chi connectivity index (χ3n) is 7.49. The predicted octanol–water partition coefficient (Wildman–Crippen LogP) is 3.55. The molecule has 36 heavy (non-hydrogen) atoms. The van der Waals surface area contributed by atoms with Crippen LogP contribution in [0, 0.1) is 25.5 Å². The first kappa shape index (κ1) is 21.3. The van der Waals surface area contributed by atoms with Gasteiger partial charge in [-0.1, -0.05) is 0 Å². The van der Waals surface area contributed by atoms with Crippen LogP contribution in [-0.2, 0) is 13.5 Å². The molecular weight excluding hydrogens is 464 g/mol. The molecule has 2 unspecified atom stereocenters. The zero-order chi connectivity index (χ0) is 24.9. The topological polar surface area (TPSA) is 74.6 Å². The summed E-state index contributed by atoms with van der Waals surface area (Å²) < 4.78 is 36.0. The van der Waals surface area contributed by atoms with E-state index in [-0.39, 0.29) is 17.5 Å². The van der Waals surface area contributed by atoms with Crippen molar-refractivity contribution in [1.29, 1.82) is 0 Å². The van der Waals surface area contributed by atoms with Crippen LogP contribution < -0.4 is 11.0 Å². The molecule has 2 aliphatic heterocycles. The summed E-state index contributed by atoms with van der Waals surface area (Å²) in [6, 6.07) is 7.27. The molecule has 2 aromatic carbocycles. The van der Waals surface area contributed by atoms with Crippen LogP contribution in [0.3, 0.4) is 0 Å². The van der Waals surface area contributed by atoms with Crippen LogP contribution in [0.2, 0.25) is 0 Å². The van der Waals surface area contributed by atoms with Gasteiger partial charge in [0.15, 0.2) is 5.82 Å². The van der Waals surface area contributed by atoms with Gasteiger partial charge in [-0.3, -0.25) is 13.8 Å². The molecule has 8 rings (SSSR count). The molecule has 3 aromatic heterocycles. The van der Waals surface area contributed by atoms with Gasteiger partial charge in [0.1, 0.15) is 11.6 Å². The minimum absolute atomic E-state index is 0.0869. The zero-order valence-corrected chi connectivity index (χ0v) is 20.0. The highest BCUT2D eigenvalue weighted by Crippen LogP contribution is 2.41. The molecule has 10 heteroatoms. The smallest absolute Gasteiger partial charge is 0.306 e. The Balaban J connectivity index is 1.45. The Labute approximate surface area is 204 Å². The predicted molar refractivity (Wildman–Crippen MR) is 130 cm³/mol. The minimum atomic E-state index is -0.510. The number of benzene rings is 2. The van der Waals surface area contributed by atoms with Crippen LogP contribution in [0.1, 0.15) is 34.8 Å². The SMILES string of the molecule is Cc1cc(-n2nc3c(c2-n2ccn(-c4ccc5c(cnn5C)c4F)c2=O)C2CC(C3)N2)cc(C)c1F. The molecule has 0 saturated carbocycles. The number of nitrogens with zero attached hydrogens (tertiary/aromatic N) is 6. The highest BCUT2D eigenvalue weighted by Gasteiger charge is 2.42. The standard InChI is InChI=1S/C26H23F2N7O/c1-13-8-16(9-14(2)23(13)27)35-25(22-18-10-15(30-18)11-19(22)31-35)34-7-6-33(26(34)36)21-5-4-20-17(24(21)28)12-29-32(20)3/h4-9,12,15,18,30H,10-11H2,1-3H3. The first-order valence-electron chi connectivity index (χ1n) is 11.9. The Morgan fingerprint density at radius 2 is 1.78 bits per heavy atom. The number of aromatic nitrogens is 6. The van der Waals surface area contributed by atoms with E-state index in [9.17, 15) is 9.18 Å². The minimum Gasteiger partial charge on any atom is -0.306 e. The fourth-order valence-electron chi connectivity index (χ4n) is 5.64. The first-order chi connectivity index (χ1) is 17.3. The summed E-state index contributed by atoms with van der Waals surface area (Å²) >= 11 is 0. The lowest BCUT2D eigenvalue weighted by atomic mass is 9.81. The average molecular weight is 488 g/mol. The Bertz CT molecular complexity index is 1740. The maximum atomic E-state index is 15.4. The van der Waals surface area contributed by atoms with E-state index in [1.165, 1.54) is 15.3 Å². The number of halogens is 2. The second-order valence-corrected chi connectivity index (χ2v) is 9.77. The maximum Gasteiger partial charge on any atom is 0.338 e. The van der Waals surface area contributed by atoms with E-state index in [1.54, 1.807) is 66.9 Å². The Morgan fingerprint density at radius 1 is 1.06 bits per heavy atom. The van der Waals surface area contributed by atoms with E-state index in [2.05, 4.69) is 10.4 Å². The highest BCUT2D eigenvalue weighted by molar-refractivity contribution is 5.81. The summed E-state index contributed by atoms with van der Waals surface area (Å²) in [4.78, 5) is 13.8. The molecule has 182 valence electrons. The largest absolute Gasteiger partial charge is 0.338 e. The number of hydrogen-bond acceptors (Lipinski definition) is 4. The molecule has 1 N–H and O–H groups in total. The van der Waals surface area contributed by atoms with Gasteiger partial charge in [-0.15, -0.1) is 0 Å². The summed E-state index contributed by atoms with van der Waals surface area (Å²) in [6.45, 7) is 3.43. The van der Waals surface area contributed by atoms with Gasteiger partial charge < -0.3 is 5.32 Å². The second-order valence-electron chi connectivity index (χ2n) is 9.77. The van der Waals surface area contributed by atoms with E-state index in [4.69, 9.17) is 5.10 Å². The fraction of sp³-hybridized carbons (Fsp3) is 0.269. The van der Waals surface area contributed by atoms with E-state index in [0.717, 1.165) is 24.1 Å². The molecule has 5 heterocycles. The number of hydrogen-bond donors (Lipinski definition) is 1. The lowest BCUT2D eigenvalue weighted by Gasteiger charge is -2.42. The number of nitrogens with one attached hydrogen (secondary N) is 1. The molecule has 0 radical (unpaired) electrons. The van der Waals surface area contributed by atoms with Gasteiger partial charge in [-0.2, -0.15) is 10.2 Å². The van der Waals surface area contributed by atoms with Crippen molar-refractivity contribution < 1.29 is 8.78 Å². The first-order valence-corrected chi connectivity index (χ1v) is 11.9. The quantitative estimate of drug-likeness (QED) is 0.423. The van der Waals surface area contributed by atoms with Gasteiger partial charge in [-0.25, -0.2) is 18.3 Å². The Kier molecular flexibility index (Phi) is 4.27. The van der Waals surface area contributed by atoms with E-state index in [0.29, 0.717) is 39.6 Å². The molecule has 1 fully saturated rings. The average Bonchev–Trinajstić information content (AvgIpc) is 3.52.